The maximum atomic E-state index is 9.72. The van der Waals surface area contributed by atoms with Gasteiger partial charge in [-0.15, -0.1) is 0 Å². The van der Waals surface area contributed by atoms with Crippen LogP contribution in [0.3, 0.4) is 0 Å². The summed E-state index contributed by atoms with van der Waals surface area (Å²) in [4.78, 5) is 0. The molecule has 1 aliphatic rings. The van der Waals surface area contributed by atoms with E-state index in [-0.39, 0.29) is 6.54 Å². The minimum absolute atomic E-state index is 0.180. The van der Waals surface area contributed by atoms with Gasteiger partial charge < -0.3 is 20.3 Å². The third-order valence-electron chi connectivity index (χ3n) is 2.38. The molecule has 1 atom stereocenters. The zero-order valence-corrected chi connectivity index (χ0v) is 8.48. The van der Waals surface area contributed by atoms with E-state index in [0.29, 0.717) is 30.3 Å². The Hall–Kier alpha value is -1.26. The molecule has 4 heteroatoms. The summed E-state index contributed by atoms with van der Waals surface area (Å²) in [5.74, 6) is 1.32. The van der Waals surface area contributed by atoms with E-state index in [9.17, 15) is 5.11 Å². The average Bonchev–Trinajstić information content (AvgIpc) is 2.52. The molecule has 0 spiro atoms. The largest absolute Gasteiger partial charge is 0.490 e. The van der Waals surface area contributed by atoms with Gasteiger partial charge in [-0.25, -0.2) is 0 Å². The molecule has 1 aromatic rings. The van der Waals surface area contributed by atoms with E-state index in [0.717, 1.165) is 6.42 Å². The van der Waals surface area contributed by atoms with Crippen LogP contribution in [0.25, 0.3) is 0 Å². The van der Waals surface area contributed by atoms with Gasteiger partial charge in [-0.1, -0.05) is 12.1 Å². The van der Waals surface area contributed by atoms with Crippen molar-refractivity contribution < 1.29 is 14.6 Å². The Morgan fingerprint density at radius 1 is 1.33 bits per heavy atom. The topological polar surface area (TPSA) is 64.7 Å². The average molecular weight is 209 g/mol. The van der Waals surface area contributed by atoms with Crippen molar-refractivity contribution in [1.82, 2.24) is 0 Å². The predicted molar refractivity (Wildman–Crippen MR) is 56.1 cm³/mol. The second-order valence-corrected chi connectivity index (χ2v) is 3.48. The van der Waals surface area contributed by atoms with Crippen molar-refractivity contribution in [1.29, 1.82) is 0 Å². The van der Waals surface area contributed by atoms with Crippen LogP contribution in [0.15, 0.2) is 18.2 Å². The maximum Gasteiger partial charge on any atom is 0.166 e. The van der Waals surface area contributed by atoms with E-state index in [2.05, 4.69) is 0 Å². The standard InChI is InChI=1S/C11H15NO3/c12-7-9(13)8-3-1-4-10-11(8)15-6-2-5-14-10/h1,3-4,9,13H,2,5-7,12H2. The highest BCUT2D eigenvalue weighted by Crippen LogP contribution is 2.36. The second-order valence-electron chi connectivity index (χ2n) is 3.48. The number of fused-ring (bicyclic) bond motifs is 1. The summed E-state index contributed by atoms with van der Waals surface area (Å²) in [6, 6.07) is 5.49. The van der Waals surface area contributed by atoms with E-state index < -0.39 is 6.10 Å². The summed E-state index contributed by atoms with van der Waals surface area (Å²) in [5.41, 5.74) is 6.14. The first-order valence-corrected chi connectivity index (χ1v) is 5.09. The van der Waals surface area contributed by atoms with Crippen LogP contribution in [0.5, 0.6) is 11.5 Å². The molecule has 0 amide bonds. The fourth-order valence-electron chi connectivity index (χ4n) is 1.61. The number of benzene rings is 1. The number of hydrogen-bond acceptors (Lipinski definition) is 4. The highest BCUT2D eigenvalue weighted by atomic mass is 16.5. The SMILES string of the molecule is NCC(O)c1cccc2c1OCCCO2. The summed E-state index contributed by atoms with van der Waals surface area (Å²) in [7, 11) is 0. The first-order chi connectivity index (χ1) is 7.33. The van der Waals surface area contributed by atoms with Gasteiger partial charge >= 0.3 is 0 Å². The highest BCUT2D eigenvalue weighted by molar-refractivity contribution is 5.48. The molecule has 82 valence electrons. The van der Waals surface area contributed by atoms with Crippen molar-refractivity contribution in [2.24, 2.45) is 5.73 Å². The number of para-hydroxylation sites is 1. The van der Waals surface area contributed by atoms with Crippen LogP contribution >= 0.6 is 0 Å². The van der Waals surface area contributed by atoms with Gasteiger partial charge in [-0.3, -0.25) is 0 Å². The van der Waals surface area contributed by atoms with Crippen LogP contribution in [0.2, 0.25) is 0 Å². The van der Waals surface area contributed by atoms with Crippen LogP contribution in [0, 0.1) is 0 Å². The van der Waals surface area contributed by atoms with Crippen molar-refractivity contribution in [2.75, 3.05) is 19.8 Å². The van der Waals surface area contributed by atoms with Gasteiger partial charge in [0.1, 0.15) is 0 Å². The van der Waals surface area contributed by atoms with Gasteiger partial charge in [0.25, 0.3) is 0 Å². The fourth-order valence-corrected chi connectivity index (χ4v) is 1.61. The lowest BCUT2D eigenvalue weighted by atomic mass is 10.1. The monoisotopic (exact) mass is 209 g/mol. The number of ether oxygens (including phenoxy) is 2. The summed E-state index contributed by atoms with van der Waals surface area (Å²) < 4.78 is 11.1. The van der Waals surface area contributed by atoms with E-state index in [1.165, 1.54) is 0 Å². The Balaban J connectivity index is 2.38. The van der Waals surface area contributed by atoms with Crippen molar-refractivity contribution >= 4 is 0 Å². The lowest BCUT2D eigenvalue weighted by Crippen LogP contribution is -2.13. The molecule has 0 radical (unpaired) electrons. The Labute approximate surface area is 88.6 Å². The molecular formula is C11H15NO3. The van der Waals surface area contributed by atoms with Crippen molar-refractivity contribution in [3.8, 4) is 11.5 Å². The van der Waals surface area contributed by atoms with Gasteiger partial charge in [0, 0.05) is 18.5 Å². The second kappa shape index (κ2) is 4.51. The first kappa shape index (κ1) is 10.3. The van der Waals surface area contributed by atoms with Gasteiger partial charge in [0.15, 0.2) is 11.5 Å². The van der Waals surface area contributed by atoms with Gasteiger partial charge in [0.2, 0.25) is 0 Å². The fraction of sp³-hybridized carbons (Fsp3) is 0.455. The normalized spacial score (nSPS) is 16.9. The highest BCUT2D eigenvalue weighted by Gasteiger charge is 2.18. The van der Waals surface area contributed by atoms with E-state index in [1.54, 1.807) is 0 Å². The minimum atomic E-state index is -0.693. The van der Waals surface area contributed by atoms with Crippen LogP contribution < -0.4 is 15.2 Å². The molecule has 1 heterocycles. The Kier molecular flexibility index (Phi) is 3.08. The lowest BCUT2D eigenvalue weighted by molar-refractivity contribution is 0.180. The van der Waals surface area contributed by atoms with E-state index >= 15 is 0 Å². The third kappa shape index (κ3) is 2.06. The zero-order chi connectivity index (χ0) is 10.7. The van der Waals surface area contributed by atoms with Crippen LogP contribution in [-0.4, -0.2) is 24.9 Å². The van der Waals surface area contributed by atoms with Gasteiger partial charge in [0.05, 0.1) is 19.3 Å². The number of hydrogen-bond donors (Lipinski definition) is 2. The Morgan fingerprint density at radius 2 is 2.13 bits per heavy atom. The predicted octanol–water partition coefficient (Wildman–Crippen LogP) is 0.840. The van der Waals surface area contributed by atoms with E-state index in [1.807, 2.05) is 18.2 Å². The molecule has 4 nitrogen and oxygen atoms in total. The summed E-state index contributed by atoms with van der Waals surface area (Å²) >= 11 is 0. The molecule has 0 saturated heterocycles. The summed E-state index contributed by atoms with van der Waals surface area (Å²) in [5, 5.41) is 9.72. The number of aliphatic hydroxyl groups is 1. The molecule has 15 heavy (non-hydrogen) atoms. The summed E-state index contributed by atoms with van der Waals surface area (Å²) in [6.07, 6.45) is 0.161. The minimum Gasteiger partial charge on any atom is -0.490 e. The van der Waals surface area contributed by atoms with Gasteiger partial charge in [-0.05, 0) is 6.07 Å². The molecule has 0 bridgehead atoms. The lowest BCUT2D eigenvalue weighted by Gasteiger charge is -2.15. The summed E-state index contributed by atoms with van der Waals surface area (Å²) in [6.45, 7) is 1.44. The van der Waals surface area contributed by atoms with E-state index in [4.69, 9.17) is 15.2 Å². The Bertz CT molecular complexity index is 341. The Morgan fingerprint density at radius 3 is 2.93 bits per heavy atom. The first-order valence-electron chi connectivity index (χ1n) is 5.09. The number of rotatable bonds is 2. The molecule has 1 aromatic carbocycles. The van der Waals surface area contributed by atoms with Crippen molar-refractivity contribution in [3.63, 3.8) is 0 Å². The van der Waals surface area contributed by atoms with Crippen LogP contribution in [0.1, 0.15) is 18.1 Å². The molecule has 1 unspecified atom stereocenters. The molecule has 0 saturated carbocycles. The smallest absolute Gasteiger partial charge is 0.166 e. The van der Waals surface area contributed by atoms with Crippen molar-refractivity contribution in [3.05, 3.63) is 23.8 Å². The number of nitrogens with two attached hydrogens (primary N) is 1. The van der Waals surface area contributed by atoms with Gasteiger partial charge in [-0.2, -0.15) is 0 Å². The molecule has 0 aromatic heterocycles. The van der Waals surface area contributed by atoms with Crippen LogP contribution in [-0.2, 0) is 0 Å². The maximum absolute atomic E-state index is 9.72. The molecule has 0 aliphatic carbocycles. The van der Waals surface area contributed by atoms with Crippen LogP contribution in [0.4, 0.5) is 0 Å². The quantitative estimate of drug-likeness (QED) is 0.757. The molecule has 3 N–H and O–H groups in total. The molecule has 2 rings (SSSR count). The number of aliphatic hydroxyl groups excluding tert-OH is 1. The molecule has 1 aliphatic heterocycles. The third-order valence-corrected chi connectivity index (χ3v) is 2.38. The van der Waals surface area contributed by atoms with Crippen molar-refractivity contribution in [2.45, 2.75) is 12.5 Å². The zero-order valence-electron chi connectivity index (χ0n) is 8.48. The molecular weight excluding hydrogens is 194 g/mol. The molecule has 0 fully saturated rings.